The zero-order valence-corrected chi connectivity index (χ0v) is 8.93. The monoisotopic (exact) mass is 207 g/mol. The van der Waals surface area contributed by atoms with E-state index in [0.717, 1.165) is 6.26 Å². The van der Waals surface area contributed by atoms with Crippen molar-refractivity contribution in [3.63, 3.8) is 0 Å². The molecule has 0 heterocycles. The molecule has 78 valence electrons. The summed E-state index contributed by atoms with van der Waals surface area (Å²) in [6, 6.07) is 0. The first-order valence-corrected chi connectivity index (χ1v) is 6.33. The molecule has 1 atom stereocenters. The van der Waals surface area contributed by atoms with Gasteiger partial charge in [0, 0.05) is 18.6 Å². The highest BCUT2D eigenvalue weighted by Crippen LogP contribution is 2.05. The van der Waals surface area contributed by atoms with Gasteiger partial charge in [-0.15, -0.1) is 0 Å². The minimum absolute atomic E-state index is 0.0177. The van der Waals surface area contributed by atoms with E-state index in [1.165, 1.54) is 0 Å². The van der Waals surface area contributed by atoms with E-state index in [1.807, 2.05) is 0 Å². The highest BCUT2D eigenvalue weighted by Gasteiger charge is 2.14. The number of nitrogens with two attached hydrogens (primary N) is 1. The molecule has 0 aromatic rings. The zero-order valence-electron chi connectivity index (χ0n) is 8.12. The van der Waals surface area contributed by atoms with E-state index in [2.05, 4.69) is 0 Å². The predicted molar refractivity (Wildman–Crippen MR) is 52.2 cm³/mol. The third kappa shape index (κ3) is 6.72. The van der Waals surface area contributed by atoms with Gasteiger partial charge in [-0.05, 0) is 13.0 Å². The highest BCUT2D eigenvalue weighted by atomic mass is 32.2. The van der Waals surface area contributed by atoms with Crippen LogP contribution in [0.2, 0.25) is 0 Å². The second-order valence-corrected chi connectivity index (χ2v) is 5.58. The van der Waals surface area contributed by atoms with Crippen molar-refractivity contribution in [3.05, 3.63) is 0 Å². The van der Waals surface area contributed by atoms with Crippen LogP contribution in [0, 0.1) is 5.92 Å². The minimum atomic E-state index is -3.02. The van der Waals surface area contributed by atoms with Crippen molar-refractivity contribution in [3.8, 4) is 0 Å². The van der Waals surface area contributed by atoms with E-state index < -0.39 is 9.84 Å². The van der Waals surface area contributed by atoms with E-state index in [1.54, 1.807) is 6.92 Å². The molecule has 0 aliphatic heterocycles. The standard InChI is InChI=1S/C8H17NO3S/c1-7(3-5-9)8(10)4-6-13(2,11)12/h7H,3-6,9H2,1-2H3. The SMILES string of the molecule is CC(CCN)C(=O)CCS(C)(=O)=O. The summed E-state index contributed by atoms with van der Waals surface area (Å²) >= 11 is 0. The first-order chi connectivity index (χ1) is 5.87. The van der Waals surface area contributed by atoms with Crippen LogP contribution in [0.1, 0.15) is 19.8 Å². The summed E-state index contributed by atoms with van der Waals surface area (Å²) in [6.07, 6.45) is 1.87. The molecule has 0 saturated heterocycles. The van der Waals surface area contributed by atoms with Crippen LogP contribution in [0.3, 0.4) is 0 Å². The van der Waals surface area contributed by atoms with Gasteiger partial charge in [0.15, 0.2) is 0 Å². The van der Waals surface area contributed by atoms with Gasteiger partial charge >= 0.3 is 0 Å². The topological polar surface area (TPSA) is 77.2 Å². The van der Waals surface area contributed by atoms with E-state index in [-0.39, 0.29) is 23.9 Å². The normalized spacial score (nSPS) is 14.1. The maximum Gasteiger partial charge on any atom is 0.147 e. The first-order valence-electron chi connectivity index (χ1n) is 4.27. The Labute approximate surface area is 79.4 Å². The fourth-order valence-electron chi connectivity index (χ4n) is 0.943. The van der Waals surface area contributed by atoms with Crippen LogP contribution >= 0.6 is 0 Å². The number of hydrogen-bond donors (Lipinski definition) is 1. The molecule has 0 saturated carbocycles. The molecule has 0 aromatic carbocycles. The first kappa shape index (κ1) is 12.6. The molecule has 5 heteroatoms. The molecule has 4 nitrogen and oxygen atoms in total. The van der Waals surface area contributed by atoms with Crippen LogP contribution < -0.4 is 5.73 Å². The fraction of sp³-hybridized carbons (Fsp3) is 0.875. The molecule has 0 amide bonds. The van der Waals surface area contributed by atoms with Gasteiger partial charge in [0.25, 0.3) is 0 Å². The fourth-order valence-corrected chi connectivity index (χ4v) is 1.52. The van der Waals surface area contributed by atoms with Crippen LogP contribution in [-0.4, -0.2) is 32.8 Å². The van der Waals surface area contributed by atoms with E-state index in [0.29, 0.717) is 13.0 Å². The Morgan fingerprint density at radius 1 is 1.46 bits per heavy atom. The lowest BCUT2D eigenvalue weighted by Crippen LogP contribution is -2.18. The number of sulfone groups is 1. The van der Waals surface area contributed by atoms with Gasteiger partial charge in [-0.25, -0.2) is 8.42 Å². The maximum atomic E-state index is 11.3. The van der Waals surface area contributed by atoms with Crippen molar-refractivity contribution in [1.29, 1.82) is 0 Å². The summed E-state index contributed by atoms with van der Waals surface area (Å²) in [5.41, 5.74) is 5.28. The number of ketones is 1. The third-order valence-electron chi connectivity index (χ3n) is 1.87. The summed E-state index contributed by atoms with van der Waals surface area (Å²) in [5, 5.41) is 0. The smallest absolute Gasteiger partial charge is 0.147 e. The van der Waals surface area contributed by atoms with Gasteiger partial charge in [0.2, 0.25) is 0 Å². The Kier molecular flexibility index (Phi) is 5.17. The lowest BCUT2D eigenvalue weighted by atomic mass is 10.0. The van der Waals surface area contributed by atoms with Crippen LogP contribution in [0.25, 0.3) is 0 Å². The van der Waals surface area contributed by atoms with Crippen LogP contribution in [0.5, 0.6) is 0 Å². The predicted octanol–water partition coefficient (Wildman–Crippen LogP) is -0.0249. The average Bonchev–Trinajstić information content (AvgIpc) is 1.99. The molecule has 13 heavy (non-hydrogen) atoms. The molecule has 1 unspecified atom stereocenters. The van der Waals surface area contributed by atoms with Crippen molar-refractivity contribution < 1.29 is 13.2 Å². The molecule has 0 spiro atoms. The van der Waals surface area contributed by atoms with E-state index in [9.17, 15) is 13.2 Å². The Balaban J connectivity index is 3.88. The quantitative estimate of drug-likeness (QED) is 0.663. The van der Waals surface area contributed by atoms with Crippen molar-refractivity contribution in [1.82, 2.24) is 0 Å². The van der Waals surface area contributed by atoms with Gasteiger partial charge in [0.05, 0.1) is 5.75 Å². The Morgan fingerprint density at radius 2 is 2.00 bits per heavy atom. The van der Waals surface area contributed by atoms with Gasteiger partial charge in [-0.1, -0.05) is 6.92 Å². The molecular weight excluding hydrogens is 190 g/mol. The Bertz CT molecular complexity index is 259. The Morgan fingerprint density at radius 3 is 2.38 bits per heavy atom. The molecule has 0 fully saturated rings. The molecule has 0 aromatic heterocycles. The molecule has 0 aliphatic rings. The number of carbonyl (C=O) groups excluding carboxylic acids is 1. The van der Waals surface area contributed by atoms with Crippen molar-refractivity contribution >= 4 is 15.6 Å². The number of rotatable bonds is 6. The maximum absolute atomic E-state index is 11.3. The van der Waals surface area contributed by atoms with Crippen LogP contribution in [0.4, 0.5) is 0 Å². The van der Waals surface area contributed by atoms with Crippen molar-refractivity contribution in [2.45, 2.75) is 19.8 Å². The van der Waals surface area contributed by atoms with Crippen molar-refractivity contribution in [2.75, 3.05) is 18.6 Å². The molecule has 0 aliphatic carbocycles. The minimum Gasteiger partial charge on any atom is -0.330 e. The van der Waals surface area contributed by atoms with Gasteiger partial charge < -0.3 is 5.73 Å². The summed E-state index contributed by atoms with van der Waals surface area (Å²) in [5.74, 6) is -0.191. The largest absolute Gasteiger partial charge is 0.330 e. The van der Waals surface area contributed by atoms with Crippen LogP contribution in [0.15, 0.2) is 0 Å². The molecule has 2 N–H and O–H groups in total. The molecule has 0 radical (unpaired) electrons. The number of carbonyl (C=O) groups is 1. The third-order valence-corrected chi connectivity index (χ3v) is 2.81. The van der Waals surface area contributed by atoms with E-state index in [4.69, 9.17) is 5.73 Å². The zero-order chi connectivity index (χ0) is 10.5. The van der Waals surface area contributed by atoms with Crippen molar-refractivity contribution in [2.24, 2.45) is 11.7 Å². The van der Waals surface area contributed by atoms with Gasteiger partial charge in [-0.2, -0.15) is 0 Å². The summed E-state index contributed by atoms with van der Waals surface area (Å²) in [7, 11) is -3.02. The Hall–Kier alpha value is -0.420. The number of hydrogen-bond acceptors (Lipinski definition) is 4. The highest BCUT2D eigenvalue weighted by molar-refractivity contribution is 7.90. The molecular formula is C8H17NO3S. The molecule has 0 bridgehead atoms. The second-order valence-electron chi connectivity index (χ2n) is 3.32. The molecule has 0 rings (SSSR count). The average molecular weight is 207 g/mol. The number of Topliss-reactive ketones (excluding diaryl/α,β-unsaturated/α-hetero) is 1. The summed E-state index contributed by atoms with van der Waals surface area (Å²) in [6.45, 7) is 2.24. The lowest BCUT2D eigenvalue weighted by Gasteiger charge is -2.07. The summed E-state index contributed by atoms with van der Waals surface area (Å²) < 4.78 is 21.5. The summed E-state index contributed by atoms with van der Waals surface area (Å²) in [4.78, 5) is 11.3. The van der Waals surface area contributed by atoms with Gasteiger partial charge in [-0.3, -0.25) is 4.79 Å². The van der Waals surface area contributed by atoms with E-state index >= 15 is 0 Å². The lowest BCUT2D eigenvalue weighted by molar-refractivity contribution is -0.122. The van der Waals surface area contributed by atoms with Crippen LogP contribution in [-0.2, 0) is 14.6 Å². The van der Waals surface area contributed by atoms with Gasteiger partial charge in [0.1, 0.15) is 15.6 Å². The second kappa shape index (κ2) is 5.34.